The maximum absolute atomic E-state index is 11.9. The summed E-state index contributed by atoms with van der Waals surface area (Å²) >= 11 is 0. The van der Waals surface area contributed by atoms with Crippen molar-refractivity contribution in [2.24, 2.45) is 0 Å². The van der Waals surface area contributed by atoms with Crippen LogP contribution in [-0.2, 0) is 0 Å². The number of aromatic hydroxyl groups is 1. The van der Waals surface area contributed by atoms with E-state index in [2.05, 4.69) is 0 Å². The lowest BCUT2D eigenvalue weighted by molar-refractivity contribution is 0.150. The Bertz CT molecular complexity index is 697. The van der Waals surface area contributed by atoms with Gasteiger partial charge in [-0.1, -0.05) is 0 Å². The van der Waals surface area contributed by atoms with E-state index in [1.807, 2.05) is 0 Å². The Morgan fingerprint density at radius 2 is 1.43 bits per heavy atom. The highest BCUT2D eigenvalue weighted by Gasteiger charge is 2.14. The number of hydrogen-bond donors (Lipinski definition) is 1. The minimum atomic E-state index is -0.985. The molecule has 2 aromatic carbocycles. The molecule has 0 spiro atoms. The lowest BCUT2D eigenvalue weighted by Crippen LogP contribution is -2.14. The van der Waals surface area contributed by atoms with Crippen molar-refractivity contribution in [1.29, 1.82) is 0 Å². The van der Waals surface area contributed by atoms with Crippen LogP contribution in [0.3, 0.4) is 0 Å². The van der Waals surface area contributed by atoms with E-state index in [4.69, 9.17) is 23.7 Å². The third kappa shape index (κ3) is 3.97. The number of carbonyl (C=O) groups excluding carboxylic acids is 1. The summed E-state index contributed by atoms with van der Waals surface area (Å²) in [5.41, 5.74) is 0. The zero-order valence-corrected chi connectivity index (χ0v) is 12.9. The minimum absolute atomic E-state index is 0.107. The second kappa shape index (κ2) is 7.26. The summed E-state index contributed by atoms with van der Waals surface area (Å²) in [5.74, 6) is 1.21. The lowest BCUT2D eigenvalue weighted by Gasteiger charge is -2.11. The molecule has 0 heterocycles. The Morgan fingerprint density at radius 3 is 2.04 bits per heavy atom. The van der Waals surface area contributed by atoms with Gasteiger partial charge in [0.25, 0.3) is 0 Å². The second-order valence-corrected chi connectivity index (χ2v) is 4.30. The van der Waals surface area contributed by atoms with Gasteiger partial charge in [0, 0.05) is 12.1 Å². The molecule has 0 aliphatic heterocycles. The predicted octanol–water partition coefficient (Wildman–Crippen LogP) is 3.00. The van der Waals surface area contributed by atoms with E-state index in [9.17, 15) is 9.90 Å². The standard InChI is InChI=1S/C16H16O7/c1-19-10-4-7-14(21-3)15(9-10)23-16(18)22-11-5-6-13(20-2)12(17)8-11/h4-9,17H,1-3H3. The molecule has 2 aromatic rings. The number of carbonyl (C=O) groups is 1. The summed E-state index contributed by atoms with van der Waals surface area (Å²) in [6.45, 7) is 0. The smallest absolute Gasteiger partial charge is 0.504 e. The van der Waals surface area contributed by atoms with Crippen LogP contribution in [0.2, 0.25) is 0 Å². The van der Waals surface area contributed by atoms with Crippen LogP contribution >= 0.6 is 0 Å². The van der Waals surface area contributed by atoms with Crippen LogP contribution in [0.5, 0.6) is 34.5 Å². The molecule has 0 atom stereocenters. The molecule has 0 saturated carbocycles. The average Bonchev–Trinajstić information content (AvgIpc) is 2.54. The van der Waals surface area contributed by atoms with Crippen LogP contribution in [0, 0.1) is 0 Å². The van der Waals surface area contributed by atoms with Gasteiger partial charge in [-0.15, -0.1) is 0 Å². The highest BCUT2D eigenvalue weighted by Crippen LogP contribution is 2.33. The summed E-state index contributed by atoms with van der Waals surface area (Å²) in [6.07, 6.45) is -0.985. The van der Waals surface area contributed by atoms with Crippen LogP contribution in [-0.4, -0.2) is 32.6 Å². The van der Waals surface area contributed by atoms with Gasteiger partial charge in [0.05, 0.1) is 21.3 Å². The zero-order chi connectivity index (χ0) is 16.8. The Hall–Kier alpha value is -3.09. The largest absolute Gasteiger partial charge is 0.519 e. The quantitative estimate of drug-likeness (QED) is 0.669. The van der Waals surface area contributed by atoms with Gasteiger partial charge in [-0.05, 0) is 24.3 Å². The first-order valence-corrected chi connectivity index (χ1v) is 6.56. The normalized spacial score (nSPS) is 9.87. The van der Waals surface area contributed by atoms with Gasteiger partial charge in [-0.25, -0.2) is 4.79 Å². The monoisotopic (exact) mass is 320 g/mol. The van der Waals surface area contributed by atoms with Gasteiger partial charge in [0.1, 0.15) is 11.5 Å². The molecule has 0 saturated heterocycles. The fourth-order valence-electron chi connectivity index (χ4n) is 1.80. The van der Waals surface area contributed by atoms with Gasteiger partial charge in [-0.2, -0.15) is 0 Å². The second-order valence-electron chi connectivity index (χ2n) is 4.30. The van der Waals surface area contributed by atoms with Crippen LogP contribution in [0.4, 0.5) is 4.79 Å². The number of phenols is 1. The Kier molecular flexibility index (Phi) is 5.14. The lowest BCUT2D eigenvalue weighted by atomic mass is 10.3. The number of hydrogen-bond acceptors (Lipinski definition) is 7. The van der Waals surface area contributed by atoms with Crippen LogP contribution < -0.4 is 23.7 Å². The summed E-state index contributed by atoms with van der Waals surface area (Å²) in [6, 6.07) is 8.92. The van der Waals surface area contributed by atoms with Crippen molar-refractivity contribution >= 4 is 6.16 Å². The Balaban J connectivity index is 2.11. The van der Waals surface area contributed by atoms with Crippen molar-refractivity contribution in [2.45, 2.75) is 0 Å². The number of phenolic OH excluding ortho intramolecular Hbond substituents is 1. The Morgan fingerprint density at radius 1 is 0.783 bits per heavy atom. The molecule has 0 bridgehead atoms. The molecule has 0 fully saturated rings. The first-order valence-electron chi connectivity index (χ1n) is 6.56. The molecule has 0 aliphatic carbocycles. The number of ether oxygens (including phenoxy) is 5. The zero-order valence-electron chi connectivity index (χ0n) is 12.9. The molecule has 23 heavy (non-hydrogen) atoms. The fraction of sp³-hybridized carbons (Fsp3) is 0.188. The molecule has 0 unspecified atom stereocenters. The molecular weight excluding hydrogens is 304 g/mol. The Labute approximate surface area is 132 Å². The minimum Gasteiger partial charge on any atom is -0.504 e. The fourth-order valence-corrected chi connectivity index (χ4v) is 1.80. The number of methoxy groups -OCH3 is 3. The molecular formula is C16H16O7. The topological polar surface area (TPSA) is 83.5 Å². The summed E-state index contributed by atoms with van der Waals surface area (Å²) in [4.78, 5) is 11.9. The van der Waals surface area contributed by atoms with Gasteiger partial charge >= 0.3 is 6.16 Å². The third-order valence-electron chi connectivity index (χ3n) is 2.92. The molecule has 1 N–H and O–H groups in total. The van der Waals surface area contributed by atoms with Crippen molar-refractivity contribution < 1.29 is 33.6 Å². The van der Waals surface area contributed by atoms with E-state index in [1.54, 1.807) is 12.1 Å². The van der Waals surface area contributed by atoms with Crippen LogP contribution in [0.15, 0.2) is 36.4 Å². The van der Waals surface area contributed by atoms with Gasteiger partial charge in [0.2, 0.25) is 0 Å². The molecule has 122 valence electrons. The molecule has 0 aromatic heterocycles. The molecule has 7 heteroatoms. The first-order chi connectivity index (χ1) is 11.1. The van der Waals surface area contributed by atoms with E-state index in [-0.39, 0.29) is 23.0 Å². The van der Waals surface area contributed by atoms with Crippen LogP contribution in [0.25, 0.3) is 0 Å². The van der Waals surface area contributed by atoms with E-state index < -0.39 is 6.16 Å². The number of rotatable bonds is 5. The molecule has 0 amide bonds. The first kappa shape index (κ1) is 16.3. The maximum atomic E-state index is 11.9. The van der Waals surface area contributed by atoms with E-state index in [0.29, 0.717) is 11.5 Å². The van der Waals surface area contributed by atoms with Crippen LogP contribution in [0.1, 0.15) is 0 Å². The molecule has 0 aliphatic rings. The van der Waals surface area contributed by atoms with Gasteiger partial charge in [-0.3, -0.25) is 0 Å². The molecule has 2 rings (SSSR count). The third-order valence-corrected chi connectivity index (χ3v) is 2.92. The van der Waals surface area contributed by atoms with E-state index in [1.165, 1.54) is 45.6 Å². The highest BCUT2D eigenvalue weighted by molar-refractivity contribution is 5.69. The van der Waals surface area contributed by atoms with Gasteiger partial charge in [0.15, 0.2) is 23.0 Å². The molecule has 0 radical (unpaired) electrons. The van der Waals surface area contributed by atoms with E-state index in [0.717, 1.165) is 0 Å². The van der Waals surface area contributed by atoms with Crippen molar-refractivity contribution in [1.82, 2.24) is 0 Å². The van der Waals surface area contributed by atoms with Crippen molar-refractivity contribution in [3.05, 3.63) is 36.4 Å². The highest BCUT2D eigenvalue weighted by atomic mass is 16.7. The average molecular weight is 320 g/mol. The number of benzene rings is 2. The summed E-state index contributed by atoms with van der Waals surface area (Å²) in [5, 5.41) is 9.65. The van der Waals surface area contributed by atoms with Crippen molar-refractivity contribution in [3.8, 4) is 34.5 Å². The summed E-state index contributed by atoms with van der Waals surface area (Å²) in [7, 11) is 4.35. The SMILES string of the molecule is COc1ccc(OC)c(OC(=O)Oc2ccc(OC)c(O)c2)c1. The predicted molar refractivity (Wildman–Crippen MR) is 80.9 cm³/mol. The van der Waals surface area contributed by atoms with Crippen molar-refractivity contribution in [2.75, 3.05) is 21.3 Å². The summed E-state index contributed by atoms with van der Waals surface area (Å²) < 4.78 is 25.2. The van der Waals surface area contributed by atoms with E-state index >= 15 is 0 Å². The maximum Gasteiger partial charge on any atom is 0.519 e. The van der Waals surface area contributed by atoms with Crippen molar-refractivity contribution in [3.63, 3.8) is 0 Å². The molecule has 7 nitrogen and oxygen atoms in total. The van der Waals surface area contributed by atoms with Gasteiger partial charge < -0.3 is 28.8 Å².